The predicted molar refractivity (Wildman–Crippen MR) is 42.3 cm³/mol. The molecule has 0 saturated heterocycles. The Morgan fingerprint density at radius 2 is 1.89 bits per heavy atom. The fraction of sp³-hybridized carbons (Fsp3) is 0.800. The second-order valence-corrected chi connectivity index (χ2v) is 2.48. The van der Waals surface area contributed by atoms with Gasteiger partial charge < -0.3 is 4.74 Å². The molecule has 0 aromatic rings. The van der Waals surface area contributed by atoms with Crippen molar-refractivity contribution in [2.75, 3.05) is 11.0 Å². The summed E-state index contributed by atoms with van der Waals surface area (Å²) in [4.78, 5) is 9.27. The van der Waals surface area contributed by atoms with Gasteiger partial charge in [0.15, 0.2) is 0 Å². The molecule has 0 amide bonds. The number of halogens is 1. The summed E-state index contributed by atoms with van der Waals surface area (Å²) >= 11 is 2.29. The predicted octanol–water partition coefficient (Wildman–Crippen LogP) is 2.01. The van der Waals surface area contributed by atoms with Crippen LogP contribution in [0.15, 0.2) is 0 Å². The molecule has 55 valence electrons. The molecule has 3 nitrogen and oxygen atoms in total. The second kappa shape index (κ2) is 10.9. The fourth-order valence-electron chi connectivity index (χ4n) is 0.118. The second-order valence-electron chi connectivity index (χ2n) is 0.950. The Balaban J connectivity index is 0. The summed E-state index contributed by atoms with van der Waals surface area (Å²) in [6.07, 6.45) is -1.46. The smallest absolute Gasteiger partial charge is 0.432 e. The molecule has 1 radical (unpaired) electrons. The lowest BCUT2D eigenvalue weighted by molar-refractivity contribution is 0.0722. The molecule has 0 saturated carbocycles. The summed E-state index contributed by atoms with van der Waals surface area (Å²) in [5.74, 6) is 0. The van der Waals surface area contributed by atoms with Crippen molar-refractivity contribution in [3.63, 3.8) is 0 Å². The molecule has 4 heteroatoms. The first-order chi connectivity index (χ1) is 4.18. The maximum Gasteiger partial charge on any atom is 0.549 e. The van der Waals surface area contributed by atoms with E-state index in [1.54, 1.807) is 6.92 Å². The number of carbonyl (C=O) groups is 1. The van der Waals surface area contributed by atoms with E-state index in [0.29, 0.717) is 0 Å². The maximum atomic E-state index is 9.27. The van der Waals surface area contributed by atoms with Crippen molar-refractivity contribution >= 4 is 28.7 Å². The third-order valence-corrected chi connectivity index (χ3v) is 0.262. The van der Waals surface area contributed by atoms with Crippen LogP contribution in [-0.4, -0.2) is 17.2 Å². The lowest BCUT2D eigenvalue weighted by atomic mass is 10.9. The van der Waals surface area contributed by atoms with Gasteiger partial charge in [-0.1, -0.05) is 29.5 Å². The van der Waals surface area contributed by atoms with E-state index in [1.165, 1.54) is 4.43 Å². The van der Waals surface area contributed by atoms with Crippen molar-refractivity contribution in [2.45, 2.75) is 13.8 Å². The molecule has 0 heterocycles. The van der Waals surface area contributed by atoms with Gasteiger partial charge in [0.1, 0.15) is 0 Å². The van der Waals surface area contributed by atoms with Gasteiger partial charge in [0.25, 0.3) is 0 Å². The first-order valence-corrected chi connectivity index (χ1v) is 4.11. The van der Waals surface area contributed by atoms with Crippen molar-refractivity contribution < 1.29 is 14.6 Å². The van der Waals surface area contributed by atoms with Gasteiger partial charge in [-0.25, -0.2) is 0 Å². The summed E-state index contributed by atoms with van der Waals surface area (Å²) in [5.41, 5.74) is 0. The van der Waals surface area contributed by atoms with E-state index in [1.807, 2.05) is 0 Å². The van der Waals surface area contributed by atoms with Crippen molar-refractivity contribution in [3.8, 4) is 0 Å². The molecule has 0 atom stereocenters. The topological polar surface area (TPSA) is 46.2 Å². The SMILES string of the molecule is CCI.CCOC([O])=O. The van der Waals surface area contributed by atoms with Gasteiger partial charge >= 0.3 is 6.16 Å². The van der Waals surface area contributed by atoms with E-state index >= 15 is 0 Å². The highest BCUT2D eigenvalue weighted by Gasteiger charge is 1.91. The average Bonchev–Trinajstić information content (AvgIpc) is 1.67. The van der Waals surface area contributed by atoms with Gasteiger partial charge in [0, 0.05) is 0 Å². The molecule has 0 aliphatic rings. The van der Waals surface area contributed by atoms with E-state index in [2.05, 4.69) is 34.3 Å². The number of alkyl halides is 1. The van der Waals surface area contributed by atoms with Crippen molar-refractivity contribution in [1.29, 1.82) is 0 Å². The quantitative estimate of drug-likeness (QED) is 0.403. The minimum Gasteiger partial charge on any atom is -0.432 e. The van der Waals surface area contributed by atoms with Crippen LogP contribution in [0.1, 0.15) is 13.8 Å². The van der Waals surface area contributed by atoms with Gasteiger partial charge in [-0.05, 0) is 11.4 Å². The van der Waals surface area contributed by atoms with Crippen LogP contribution in [-0.2, 0) is 9.84 Å². The first-order valence-electron chi connectivity index (χ1n) is 2.58. The van der Waals surface area contributed by atoms with Gasteiger partial charge in [-0.2, -0.15) is 9.90 Å². The molecule has 0 bridgehead atoms. The summed E-state index contributed by atoms with van der Waals surface area (Å²) in [6.45, 7) is 3.86. The Labute approximate surface area is 68.5 Å². The standard InChI is InChI=1S/C3H5O3.C2H5I/c1-2-6-3(4)5;1-2-3/h2H2,1H3;2H2,1H3. The molecule has 0 N–H and O–H groups in total. The molecular formula is C5H10IO3. The van der Waals surface area contributed by atoms with Gasteiger partial charge in [-0.15, -0.1) is 0 Å². The van der Waals surface area contributed by atoms with Gasteiger partial charge in [-0.3, -0.25) is 0 Å². The minimum atomic E-state index is -1.46. The molecular weight excluding hydrogens is 235 g/mol. The molecule has 0 spiro atoms. The Morgan fingerprint density at radius 1 is 1.56 bits per heavy atom. The van der Waals surface area contributed by atoms with Crippen LogP contribution in [0.2, 0.25) is 0 Å². The molecule has 0 aromatic heterocycles. The molecule has 0 fully saturated rings. The van der Waals surface area contributed by atoms with Crippen LogP contribution in [0.5, 0.6) is 0 Å². The van der Waals surface area contributed by atoms with Gasteiger partial charge in [0.2, 0.25) is 0 Å². The molecule has 0 aliphatic carbocycles. The van der Waals surface area contributed by atoms with E-state index in [9.17, 15) is 9.90 Å². The van der Waals surface area contributed by atoms with E-state index in [0.717, 1.165) is 0 Å². The van der Waals surface area contributed by atoms with Crippen LogP contribution >= 0.6 is 22.6 Å². The van der Waals surface area contributed by atoms with Crippen LogP contribution < -0.4 is 0 Å². The highest BCUT2D eigenvalue weighted by molar-refractivity contribution is 14.1. The lowest BCUT2D eigenvalue weighted by Gasteiger charge is -1.84. The normalized spacial score (nSPS) is 7.00. The summed E-state index contributed by atoms with van der Waals surface area (Å²) in [6, 6.07) is 0. The number of rotatable bonds is 1. The Kier molecular flexibility index (Phi) is 14.2. The van der Waals surface area contributed by atoms with Crippen molar-refractivity contribution in [1.82, 2.24) is 0 Å². The third-order valence-electron chi connectivity index (χ3n) is 0.262. The zero-order valence-corrected chi connectivity index (χ0v) is 7.67. The van der Waals surface area contributed by atoms with E-state index < -0.39 is 6.16 Å². The van der Waals surface area contributed by atoms with Crippen LogP contribution in [0.25, 0.3) is 0 Å². The van der Waals surface area contributed by atoms with E-state index in [-0.39, 0.29) is 6.61 Å². The monoisotopic (exact) mass is 245 g/mol. The molecule has 0 aliphatic heterocycles. The summed E-state index contributed by atoms with van der Waals surface area (Å²) in [5, 5.41) is 9.27. The zero-order chi connectivity index (χ0) is 7.70. The van der Waals surface area contributed by atoms with E-state index in [4.69, 9.17) is 0 Å². The Hall–Kier alpha value is 0. The number of hydrogen-bond acceptors (Lipinski definition) is 2. The summed E-state index contributed by atoms with van der Waals surface area (Å²) in [7, 11) is 0. The molecule has 0 unspecified atom stereocenters. The minimum absolute atomic E-state index is 0.169. The van der Waals surface area contributed by atoms with Crippen LogP contribution in [0, 0.1) is 0 Å². The third kappa shape index (κ3) is 32.0. The fourth-order valence-corrected chi connectivity index (χ4v) is 0.118. The Bertz CT molecular complexity index is 65.2. The zero-order valence-electron chi connectivity index (χ0n) is 5.52. The van der Waals surface area contributed by atoms with Crippen LogP contribution in [0.3, 0.4) is 0 Å². The lowest BCUT2D eigenvalue weighted by Crippen LogP contribution is -1.95. The number of ether oxygens (including phenoxy) is 1. The number of hydrogen-bond donors (Lipinski definition) is 0. The van der Waals surface area contributed by atoms with Crippen molar-refractivity contribution in [3.05, 3.63) is 0 Å². The Morgan fingerprint density at radius 3 is 1.89 bits per heavy atom. The molecule has 0 rings (SSSR count). The molecule has 9 heavy (non-hydrogen) atoms. The largest absolute Gasteiger partial charge is 0.549 e. The summed E-state index contributed by atoms with van der Waals surface area (Å²) < 4.78 is 5.07. The highest BCUT2D eigenvalue weighted by Crippen LogP contribution is 1.71. The highest BCUT2D eigenvalue weighted by atomic mass is 127. The van der Waals surface area contributed by atoms with Crippen LogP contribution in [0.4, 0.5) is 4.79 Å². The van der Waals surface area contributed by atoms with Gasteiger partial charge in [0.05, 0.1) is 6.61 Å². The first kappa shape index (κ1) is 11.8. The molecule has 0 aromatic carbocycles. The number of carbonyl (C=O) groups excluding carboxylic acids is 1. The average molecular weight is 245 g/mol. The maximum absolute atomic E-state index is 9.27. The van der Waals surface area contributed by atoms with Crippen molar-refractivity contribution in [2.24, 2.45) is 0 Å².